The van der Waals surface area contributed by atoms with E-state index in [9.17, 15) is 18.0 Å². The Bertz CT molecular complexity index is 451. The molecular formula is C13H15ClF3NO2. The van der Waals surface area contributed by atoms with Gasteiger partial charge in [0.05, 0.1) is 12.2 Å². The number of carbonyl (C=O) groups excluding carboxylic acids is 1. The molecule has 20 heavy (non-hydrogen) atoms. The number of carbonyl (C=O) groups is 1. The molecule has 1 aromatic rings. The highest BCUT2D eigenvalue weighted by Crippen LogP contribution is 2.23. The highest BCUT2D eigenvalue weighted by molar-refractivity contribution is 6.18. The minimum absolute atomic E-state index is 0.0708. The predicted molar refractivity (Wildman–Crippen MR) is 70.3 cm³/mol. The lowest BCUT2D eigenvalue weighted by atomic mass is 10.1. The topological polar surface area (TPSA) is 29.5 Å². The number of rotatable bonds is 6. The van der Waals surface area contributed by atoms with Crippen LogP contribution in [0.1, 0.15) is 17.3 Å². The maximum absolute atomic E-state index is 12.5. The van der Waals surface area contributed by atoms with Crippen molar-refractivity contribution in [2.75, 3.05) is 25.6 Å². The van der Waals surface area contributed by atoms with E-state index in [1.807, 2.05) is 0 Å². The Labute approximate surface area is 120 Å². The summed E-state index contributed by atoms with van der Waals surface area (Å²) in [4.78, 5) is 12.9. The van der Waals surface area contributed by atoms with Crippen LogP contribution in [-0.4, -0.2) is 42.6 Å². The molecule has 112 valence electrons. The average molecular weight is 310 g/mol. The summed E-state index contributed by atoms with van der Waals surface area (Å²) in [5.41, 5.74) is 0.101. The van der Waals surface area contributed by atoms with E-state index in [1.165, 1.54) is 6.07 Å². The lowest BCUT2D eigenvalue weighted by molar-refractivity contribution is -0.140. The van der Waals surface area contributed by atoms with Crippen LogP contribution in [0.25, 0.3) is 0 Å². The molecule has 0 unspecified atom stereocenters. The molecule has 0 fully saturated rings. The maximum Gasteiger partial charge on any atom is 0.406 e. The van der Waals surface area contributed by atoms with Crippen LogP contribution in [0, 0.1) is 0 Å². The summed E-state index contributed by atoms with van der Waals surface area (Å²) in [6.07, 6.45) is -4.47. The normalized spacial score (nSPS) is 11.2. The summed E-state index contributed by atoms with van der Waals surface area (Å²) >= 11 is 5.47. The zero-order valence-electron chi connectivity index (χ0n) is 10.9. The lowest BCUT2D eigenvalue weighted by Crippen LogP contribution is -2.40. The number of amides is 1. The first kappa shape index (κ1) is 16.6. The van der Waals surface area contributed by atoms with Crippen LogP contribution in [0.15, 0.2) is 24.3 Å². The molecule has 1 rings (SSSR count). The molecule has 0 saturated carbocycles. The summed E-state index contributed by atoms with van der Waals surface area (Å²) < 4.78 is 42.7. The smallest absolute Gasteiger partial charge is 0.406 e. The van der Waals surface area contributed by atoms with Crippen LogP contribution in [0.2, 0.25) is 0 Å². The first-order valence-corrected chi connectivity index (χ1v) is 6.56. The molecule has 1 aromatic carbocycles. The Balaban J connectivity index is 3.00. The minimum Gasteiger partial charge on any atom is -0.493 e. The van der Waals surface area contributed by atoms with Gasteiger partial charge in [0.2, 0.25) is 0 Å². The highest BCUT2D eigenvalue weighted by Gasteiger charge is 2.33. The maximum atomic E-state index is 12.5. The molecule has 0 radical (unpaired) electrons. The summed E-state index contributed by atoms with van der Waals surface area (Å²) in [5, 5.41) is 0. The van der Waals surface area contributed by atoms with Crippen molar-refractivity contribution in [2.45, 2.75) is 13.1 Å². The number of alkyl halides is 4. The van der Waals surface area contributed by atoms with Gasteiger partial charge in [0.25, 0.3) is 5.91 Å². The van der Waals surface area contributed by atoms with Gasteiger partial charge in [0.15, 0.2) is 0 Å². The van der Waals surface area contributed by atoms with E-state index in [0.29, 0.717) is 11.5 Å². The third kappa shape index (κ3) is 4.92. The van der Waals surface area contributed by atoms with E-state index in [4.69, 9.17) is 16.3 Å². The lowest BCUT2D eigenvalue weighted by Gasteiger charge is -2.24. The van der Waals surface area contributed by atoms with Crippen molar-refractivity contribution in [1.82, 2.24) is 4.90 Å². The fourth-order valence-corrected chi connectivity index (χ4v) is 1.87. The summed E-state index contributed by atoms with van der Waals surface area (Å²) in [5.74, 6) is -0.549. The van der Waals surface area contributed by atoms with Gasteiger partial charge in [-0.15, -0.1) is 11.6 Å². The van der Waals surface area contributed by atoms with E-state index in [2.05, 4.69) is 0 Å². The Kier molecular flexibility index (Phi) is 6.13. The van der Waals surface area contributed by atoms with Gasteiger partial charge in [-0.05, 0) is 19.1 Å². The quantitative estimate of drug-likeness (QED) is 0.754. The first-order chi connectivity index (χ1) is 9.39. The van der Waals surface area contributed by atoms with E-state index < -0.39 is 18.6 Å². The summed E-state index contributed by atoms with van der Waals surface area (Å²) in [6.45, 7) is 0.534. The number of benzene rings is 1. The molecule has 0 aliphatic carbocycles. The second-order valence-corrected chi connectivity index (χ2v) is 4.34. The fraction of sp³-hybridized carbons (Fsp3) is 0.462. The molecule has 0 saturated heterocycles. The largest absolute Gasteiger partial charge is 0.493 e. The second-order valence-electron chi connectivity index (χ2n) is 3.96. The zero-order chi connectivity index (χ0) is 15.2. The molecule has 0 atom stereocenters. The van der Waals surface area contributed by atoms with Crippen molar-refractivity contribution in [3.63, 3.8) is 0 Å². The van der Waals surface area contributed by atoms with E-state index in [0.717, 1.165) is 0 Å². The van der Waals surface area contributed by atoms with Crippen LogP contribution in [0.3, 0.4) is 0 Å². The summed E-state index contributed by atoms with van der Waals surface area (Å²) in [7, 11) is 0. The highest BCUT2D eigenvalue weighted by atomic mass is 35.5. The molecule has 0 aliphatic rings. The van der Waals surface area contributed by atoms with Gasteiger partial charge >= 0.3 is 6.18 Å². The number of para-hydroxylation sites is 1. The van der Waals surface area contributed by atoms with Crippen molar-refractivity contribution in [3.05, 3.63) is 29.8 Å². The van der Waals surface area contributed by atoms with E-state index in [1.54, 1.807) is 25.1 Å². The molecule has 1 amide bonds. The Hall–Kier alpha value is -1.43. The monoisotopic (exact) mass is 309 g/mol. The van der Waals surface area contributed by atoms with Crippen molar-refractivity contribution >= 4 is 17.5 Å². The van der Waals surface area contributed by atoms with Gasteiger partial charge in [-0.1, -0.05) is 12.1 Å². The van der Waals surface area contributed by atoms with Crippen LogP contribution in [0.4, 0.5) is 13.2 Å². The van der Waals surface area contributed by atoms with Crippen LogP contribution >= 0.6 is 11.6 Å². The van der Waals surface area contributed by atoms with Crippen LogP contribution in [-0.2, 0) is 0 Å². The van der Waals surface area contributed by atoms with E-state index >= 15 is 0 Å². The van der Waals surface area contributed by atoms with Gasteiger partial charge in [-0.2, -0.15) is 13.2 Å². The van der Waals surface area contributed by atoms with E-state index in [-0.39, 0.29) is 23.7 Å². The van der Waals surface area contributed by atoms with Crippen molar-refractivity contribution in [3.8, 4) is 5.75 Å². The van der Waals surface area contributed by atoms with Crippen molar-refractivity contribution in [2.24, 2.45) is 0 Å². The van der Waals surface area contributed by atoms with Gasteiger partial charge in [0.1, 0.15) is 12.3 Å². The van der Waals surface area contributed by atoms with Crippen LogP contribution in [0.5, 0.6) is 5.75 Å². The third-order valence-corrected chi connectivity index (χ3v) is 2.60. The van der Waals surface area contributed by atoms with Gasteiger partial charge in [0, 0.05) is 12.4 Å². The second kappa shape index (κ2) is 7.38. The SMILES string of the molecule is CCOc1ccccc1C(=O)N(CCCl)CC(F)(F)F. The molecule has 7 heteroatoms. The molecule has 0 N–H and O–H groups in total. The van der Waals surface area contributed by atoms with Gasteiger partial charge < -0.3 is 9.64 Å². The standard InChI is InChI=1S/C13H15ClF3NO2/c1-2-20-11-6-4-3-5-10(11)12(19)18(8-7-14)9-13(15,16)17/h3-6H,2,7-9H2,1H3. The zero-order valence-corrected chi connectivity index (χ0v) is 11.7. The summed E-state index contributed by atoms with van der Waals surface area (Å²) in [6, 6.07) is 6.20. The van der Waals surface area contributed by atoms with Crippen LogP contribution < -0.4 is 4.74 Å². The molecular weight excluding hydrogens is 295 g/mol. The van der Waals surface area contributed by atoms with Gasteiger partial charge in [-0.3, -0.25) is 4.79 Å². The third-order valence-electron chi connectivity index (χ3n) is 2.43. The molecule has 3 nitrogen and oxygen atoms in total. The number of ether oxygens (including phenoxy) is 1. The average Bonchev–Trinajstić information content (AvgIpc) is 2.37. The number of hydrogen-bond donors (Lipinski definition) is 0. The predicted octanol–water partition coefficient (Wildman–Crippen LogP) is 3.33. The molecule has 0 bridgehead atoms. The first-order valence-electron chi connectivity index (χ1n) is 6.03. The van der Waals surface area contributed by atoms with Gasteiger partial charge in [-0.25, -0.2) is 0 Å². The molecule has 0 aromatic heterocycles. The number of hydrogen-bond acceptors (Lipinski definition) is 2. The molecule has 0 spiro atoms. The Morgan fingerprint density at radius 3 is 2.55 bits per heavy atom. The van der Waals surface area contributed by atoms with Crippen molar-refractivity contribution < 1.29 is 22.7 Å². The fourth-order valence-electron chi connectivity index (χ4n) is 1.67. The molecule has 0 heterocycles. The number of nitrogens with zero attached hydrogens (tertiary/aromatic N) is 1. The Morgan fingerprint density at radius 1 is 1.35 bits per heavy atom. The Morgan fingerprint density at radius 2 is 2.00 bits per heavy atom. The van der Waals surface area contributed by atoms with Crippen molar-refractivity contribution in [1.29, 1.82) is 0 Å². The number of halogens is 4. The minimum atomic E-state index is -4.47. The molecule has 0 aliphatic heterocycles.